The van der Waals surface area contributed by atoms with Crippen LogP contribution in [0.25, 0.3) is 10.8 Å². The molecule has 1 atom stereocenters. The summed E-state index contributed by atoms with van der Waals surface area (Å²) in [5.74, 6) is 0. The molecule has 0 radical (unpaired) electrons. The Labute approximate surface area is 102 Å². The predicted octanol–water partition coefficient (Wildman–Crippen LogP) is 3.23. The summed E-state index contributed by atoms with van der Waals surface area (Å²) in [4.78, 5) is 0. The van der Waals surface area contributed by atoms with Crippen LogP contribution in [0.2, 0.25) is 0 Å². The van der Waals surface area contributed by atoms with Crippen molar-refractivity contribution in [1.82, 2.24) is 5.32 Å². The van der Waals surface area contributed by atoms with Crippen molar-refractivity contribution in [2.45, 2.75) is 25.9 Å². The molecule has 0 amide bonds. The lowest BCUT2D eigenvalue weighted by Gasteiger charge is -2.12. The van der Waals surface area contributed by atoms with Crippen molar-refractivity contribution >= 4 is 10.8 Å². The Morgan fingerprint density at radius 1 is 1.18 bits per heavy atom. The van der Waals surface area contributed by atoms with Gasteiger partial charge >= 0.3 is 0 Å². The fourth-order valence-electron chi connectivity index (χ4n) is 1.94. The zero-order chi connectivity index (χ0) is 12.1. The summed E-state index contributed by atoms with van der Waals surface area (Å²) in [5.41, 5.74) is 1.29. The number of nitrogens with zero attached hydrogens (tertiary/aromatic N) is 1. The van der Waals surface area contributed by atoms with E-state index >= 15 is 0 Å². The van der Waals surface area contributed by atoms with Crippen LogP contribution in [0.15, 0.2) is 42.5 Å². The molecule has 0 heterocycles. The van der Waals surface area contributed by atoms with Crippen molar-refractivity contribution in [3.8, 4) is 6.07 Å². The summed E-state index contributed by atoms with van der Waals surface area (Å²) >= 11 is 0. The summed E-state index contributed by atoms with van der Waals surface area (Å²) in [6.45, 7) is 2.85. The maximum absolute atomic E-state index is 8.62. The van der Waals surface area contributed by atoms with Crippen LogP contribution in [-0.4, -0.2) is 6.04 Å². The van der Waals surface area contributed by atoms with E-state index in [0.29, 0.717) is 6.42 Å². The van der Waals surface area contributed by atoms with Gasteiger partial charge in [0.05, 0.1) is 12.5 Å². The van der Waals surface area contributed by atoms with Gasteiger partial charge in [-0.2, -0.15) is 5.26 Å². The molecule has 1 N–H and O–H groups in total. The van der Waals surface area contributed by atoms with Crippen LogP contribution < -0.4 is 5.32 Å². The standard InChI is InChI=1S/C15H16N2/c1-12(9-10-16)17-11-14-7-4-6-13-5-2-3-8-15(13)14/h2-8,12,17H,9,11H2,1H3. The highest BCUT2D eigenvalue weighted by molar-refractivity contribution is 5.85. The van der Waals surface area contributed by atoms with Gasteiger partial charge in [0.25, 0.3) is 0 Å². The van der Waals surface area contributed by atoms with E-state index in [4.69, 9.17) is 5.26 Å². The number of rotatable bonds is 4. The van der Waals surface area contributed by atoms with E-state index in [1.165, 1.54) is 16.3 Å². The molecule has 0 bridgehead atoms. The van der Waals surface area contributed by atoms with Crippen molar-refractivity contribution in [1.29, 1.82) is 5.26 Å². The molecule has 2 rings (SSSR count). The summed E-state index contributed by atoms with van der Waals surface area (Å²) in [5, 5.41) is 14.5. The average molecular weight is 224 g/mol. The van der Waals surface area contributed by atoms with E-state index in [2.05, 4.69) is 53.9 Å². The molecule has 86 valence electrons. The first-order chi connectivity index (χ1) is 8.31. The van der Waals surface area contributed by atoms with Crippen LogP contribution in [0.3, 0.4) is 0 Å². The Morgan fingerprint density at radius 3 is 2.76 bits per heavy atom. The zero-order valence-electron chi connectivity index (χ0n) is 9.98. The topological polar surface area (TPSA) is 35.8 Å². The van der Waals surface area contributed by atoms with E-state index < -0.39 is 0 Å². The molecule has 2 heteroatoms. The third-order valence-corrected chi connectivity index (χ3v) is 2.92. The van der Waals surface area contributed by atoms with Gasteiger partial charge in [-0.3, -0.25) is 0 Å². The third kappa shape index (κ3) is 2.83. The summed E-state index contributed by atoms with van der Waals surface area (Å²) < 4.78 is 0. The molecular weight excluding hydrogens is 208 g/mol. The van der Waals surface area contributed by atoms with Gasteiger partial charge in [-0.25, -0.2) is 0 Å². The maximum atomic E-state index is 8.62. The molecule has 2 aromatic rings. The molecule has 0 fully saturated rings. The molecular formula is C15H16N2. The molecule has 0 aromatic heterocycles. The van der Waals surface area contributed by atoms with Gasteiger partial charge < -0.3 is 5.32 Å². The lowest BCUT2D eigenvalue weighted by Crippen LogP contribution is -2.24. The quantitative estimate of drug-likeness (QED) is 0.865. The van der Waals surface area contributed by atoms with E-state index in [-0.39, 0.29) is 6.04 Å². The zero-order valence-corrected chi connectivity index (χ0v) is 9.98. The van der Waals surface area contributed by atoms with Crippen molar-refractivity contribution in [3.05, 3.63) is 48.0 Å². The molecule has 2 nitrogen and oxygen atoms in total. The van der Waals surface area contributed by atoms with E-state index in [1.807, 2.05) is 6.92 Å². The second kappa shape index (κ2) is 5.47. The average Bonchev–Trinajstić information content (AvgIpc) is 2.36. The Morgan fingerprint density at radius 2 is 1.94 bits per heavy atom. The molecule has 2 aromatic carbocycles. The second-order valence-corrected chi connectivity index (χ2v) is 4.28. The number of hydrogen-bond donors (Lipinski definition) is 1. The largest absolute Gasteiger partial charge is 0.309 e. The van der Waals surface area contributed by atoms with Gasteiger partial charge in [-0.05, 0) is 23.3 Å². The van der Waals surface area contributed by atoms with Gasteiger partial charge in [0.15, 0.2) is 0 Å². The van der Waals surface area contributed by atoms with Crippen molar-refractivity contribution < 1.29 is 0 Å². The van der Waals surface area contributed by atoms with Gasteiger partial charge in [-0.1, -0.05) is 42.5 Å². The molecule has 0 aliphatic rings. The number of nitriles is 1. The number of hydrogen-bond acceptors (Lipinski definition) is 2. The Balaban J connectivity index is 2.16. The Hall–Kier alpha value is -1.85. The fraction of sp³-hybridized carbons (Fsp3) is 0.267. The van der Waals surface area contributed by atoms with Crippen molar-refractivity contribution in [2.75, 3.05) is 0 Å². The van der Waals surface area contributed by atoms with E-state index in [1.54, 1.807) is 0 Å². The first-order valence-corrected chi connectivity index (χ1v) is 5.88. The molecule has 0 spiro atoms. The Kier molecular flexibility index (Phi) is 3.74. The van der Waals surface area contributed by atoms with Gasteiger partial charge in [0.1, 0.15) is 0 Å². The van der Waals surface area contributed by atoms with Gasteiger partial charge in [-0.15, -0.1) is 0 Å². The first kappa shape index (κ1) is 11.6. The van der Waals surface area contributed by atoms with Crippen LogP contribution in [0.1, 0.15) is 18.9 Å². The van der Waals surface area contributed by atoms with Gasteiger partial charge in [0.2, 0.25) is 0 Å². The molecule has 0 aliphatic carbocycles. The fourth-order valence-corrected chi connectivity index (χ4v) is 1.94. The maximum Gasteiger partial charge on any atom is 0.0638 e. The van der Waals surface area contributed by atoms with Crippen molar-refractivity contribution in [2.24, 2.45) is 0 Å². The third-order valence-electron chi connectivity index (χ3n) is 2.92. The summed E-state index contributed by atoms with van der Waals surface area (Å²) in [6, 6.07) is 17.1. The summed E-state index contributed by atoms with van der Waals surface area (Å²) in [6.07, 6.45) is 0.546. The normalized spacial score (nSPS) is 12.2. The van der Waals surface area contributed by atoms with Crippen LogP contribution in [0.5, 0.6) is 0 Å². The molecule has 1 unspecified atom stereocenters. The van der Waals surface area contributed by atoms with Crippen molar-refractivity contribution in [3.63, 3.8) is 0 Å². The smallest absolute Gasteiger partial charge is 0.0638 e. The van der Waals surface area contributed by atoms with E-state index in [9.17, 15) is 0 Å². The minimum absolute atomic E-state index is 0.235. The summed E-state index contributed by atoms with van der Waals surface area (Å²) in [7, 11) is 0. The van der Waals surface area contributed by atoms with Crippen LogP contribution >= 0.6 is 0 Å². The van der Waals surface area contributed by atoms with Crippen LogP contribution in [0, 0.1) is 11.3 Å². The first-order valence-electron chi connectivity index (χ1n) is 5.88. The molecule has 17 heavy (non-hydrogen) atoms. The minimum atomic E-state index is 0.235. The van der Waals surface area contributed by atoms with E-state index in [0.717, 1.165) is 6.54 Å². The van der Waals surface area contributed by atoms with Gasteiger partial charge in [0, 0.05) is 12.6 Å². The second-order valence-electron chi connectivity index (χ2n) is 4.28. The predicted molar refractivity (Wildman–Crippen MR) is 70.5 cm³/mol. The lowest BCUT2D eigenvalue weighted by atomic mass is 10.0. The molecule has 0 saturated carbocycles. The molecule has 0 aliphatic heterocycles. The highest BCUT2D eigenvalue weighted by Gasteiger charge is 2.03. The minimum Gasteiger partial charge on any atom is -0.309 e. The number of nitrogens with one attached hydrogen (secondary N) is 1. The Bertz CT molecular complexity index is 535. The van der Waals surface area contributed by atoms with Crippen LogP contribution in [-0.2, 0) is 6.54 Å². The SMILES string of the molecule is CC(CC#N)NCc1cccc2ccccc12. The lowest BCUT2D eigenvalue weighted by molar-refractivity contribution is 0.559. The molecule has 0 saturated heterocycles. The van der Waals surface area contributed by atoms with Crippen LogP contribution in [0.4, 0.5) is 0 Å². The number of benzene rings is 2. The monoisotopic (exact) mass is 224 g/mol. The number of fused-ring (bicyclic) bond motifs is 1. The highest BCUT2D eigenvalue weighted by atomic mass is 14.9. The highest BCUT2D eigenvalue weighted by Crippen LogP contribution is 2.18.